The molecule has 8 nitrogen and oxygen atoms in total. The molecular weight excluding hydrogens is 312 g/mol. The highest BCUT2D eigenvalue weighted by Gasteiger charge is 2.21. The largest absolute Gasteiger partial charge is 0.462 e. The van der Waals surface area contributed by atoms with E-state index in [-0.39, 0.29) is 12.6 Å². The maximum absolute atomic E-state index is 12.0. The second-order valence-corrected chi connectivity index (χ2v) is 5.61. The molecule has 24 heavy (non-hydrogen) atoms. The highest BCUT2D eigenvalue weighted by atomic mass is 16.5. The first kappa shape index (κ1) is 19.4. The number of ether oxygens (including phenoxy) is 1. The number of hydrogen-bond acceptors (Lipinski definition) is 5. The summed E-state index contributed by atoms with van der Waals surface area (Å²) in [6.07, 6.45) is 0. The van der Waals surface area contributed by atoms with Gasteiger partial charge in [0, 0.05) is 11.7 Å². The predicted molar refractivity (Wildman–Crippen MR) is 89.9 cm³/mol. The molecule has 0 aliphatic heterocycles. The molecule has 0 aliphatic carbocycles. The van der Waals surface area contributed by atoms with Gasteiger partial charge in [0.1, 0.15) is 0 Å². The fourth-order valence-electron chi connectivity index (χ4n) is 2.19. The minimum atomic E-state index is -0.852. The number of carbonyl (C=O) groups excluding carboxylic acids is 3. The zero-order chi connectivity index (χ0) is 18.4. The molecule has 0 bridgehead atoms. The van der Waals surface area contributed by atoms with Gasteiger partial charge in [-0.25, -0.2) is 10.2 Å². The molecule has 2 amide bonds. The number of aromatic nitrogens is 1. The molecule has 3 N–H and O–H groups in total. The molecule has 1 rings (SSSR count). The molecule has 0 radical (unpaired) electrons. The maximum Gasteiger partial charge on any atom is 0.340 e. The lowest BCUT2D eigenvalue weighted by molar-refractivity contribution is -0.139. The van der Waals surface area contributed by atoms with Crippen LogP contribution in [-0.2, 0) is 14.3 Å². The predicted octanol–water partition coefficient (Wildman–Crippen LogP) is 1.17. The fraction of sp³-hybridized carbons (Fsp3) is 0.500. The van der Waals surface area contributed by atoms with E-state index in [0.717, 1.165) is 0 Å². The fourth-order valence-corrected chi connectivity index (χ4v) is 2.19. The van der Waals surface area contributed by atoms with Gasteiger partial charge in [-0.15, -0.1) is 0 Å². The molecule has 1 aromatic heterocycles. The third-order valence-electron chi connectivity index (χ3n) is 3.23. The Bertz CT molecular complexity index is 674. The molecule has 0 spiro atoms. The summed E-state index contributed by atoms with van der Waals surface area (Å²) in [6.45, 7) is 10.7. The van der Waals surface area contributed by atoms with E-state index in [9.17, 15) is 14.4 Å². The number of nitrogens with one attached hydrogen (secondary N) is 3. The lowest BCUT2D eigenvalue weighted by atomic mass is 10.1. The van der Waals surface area contributed by atoms with Crippen LogP contribution in [0.25, 0.3) is 0 Å². The SMILES string of the molecule is CCOC(=O)c1c(C)[nH]c(/C(C)=N/NC(=O)C(=O)NC(C)C)c1C. The Morgan fingerprint density at radius 1 is 1.21 bits per heavy atom. The number of nitrogens with zero attached hydrogens (tertiary/aromatic N) is 1. The topological polar surface area (TPSA) is 113 Å². The minimum absolute atomic E-state index is 0.145. The monoisotopic (exact) mass is 336 g/mol. The van der Waals surface area contributed by atoms with Crippen LogP contribution in [0.1, 0.15) is 55.0 Å². The Morgan fingerprint density at radius 2 is 1.83 bits per heavy atom. The van der Waals surface area contributed by atoms with E-state index in [0.29, 0.717) is 28.2 Å². The van der Waals surface area contributed by atoms with E-state index in [1.165, 1.54) is 0 Å². The third kappa shape index (κ3) is 4.68. The lowest BCUT2D eigenvalue weighted by Gasteiger charge is -2.07. The van der Waals surface area contributed by atoms with Gasteiger partial charge in [0.2, 0.25) is 0 Å². The molecule has 0 aromatic carbocycles. The summed E-state index contributed by atoms with van der Waals surface area (Å²) in [5.74, 6) is -2.02. The van der Waals surface area contributed by atoms with Crippen LogP contribution in [0.15, 0.2) is 5.10 Å². The van der Waals surface area contributed by atoms with Crippen LogP contribution in [0, 0.1) is 13.8 Å². The van der Waals surface area contributed by atoms with Crippen LogP contribution >= 0.6 is 0 Å². The minimum Gasteiger partial charge on any atom is -0.462 e. The summed E-state index contributed by atoms with van der Waals surface area (Å²) < 4.78 is 5.03. The van der Waals surface area contributed by atoms with Crippen molar-refractivity contribution in [1.29, 1.82) is 0 Å². The molecule has 0 saturated carbocycles. The molecule has 0 unspecified atom stereocenters. The Kier molecular flexibility index (Phi) is 6.69. The van der Waals surface area contributed by atoms with Crippen LogP contribution in [0.2, 0.25) is 0 Å². The first-order valence-corrected chi connectivity index (χ1v) is 7.70. The number of H-pyrrole nitrogens is 1. The standard InChI is InChI=1S/C16H24N4O4/c1-7-24-16(23)12-9(4)13(18-10(12)5)11(6)19-20-15(22)14(21)17-8(2)3/h8,18H,7H2,1-6H3,(H,17,21)(H,20,22)/b19-11+. The van der Waals surface area contributed by atoms with Crippen molar-refractivity contribution < 1.29 is 19.1 Å². The summed E-state index contributed by atoms with van der Waals surface area (Å²) >= 11 is 0. The second kappa shape index (κ2) is 8.28. The number of hydrogen-bond donors (Lipinski definition) is 3. The maximum atomic E-state index is 12.0. The van der Waals surface area contributed by atoms with Crippen molar-refractivity contribution in [3.05, 3.63) is 22.5 Å². The normalized spacial score (nSPS) is 11.4. The van der Waals surface area contributed by atoms with Crippen LogP contribution in [0.4, 0.5) is 0 Å². The summed E-state index contributed by atoms with van der Waals surface area (Å²) in [7, 11) is 0. The molecule has 1 aromatic rings. The van der Waals surface area contributed by atoms with Gasteiger partial charge in [-0.3, -0.25) is 9.59 Å². The van der Waals surface area contributed by atoms with Gasteiger partial charge in [0.05, 0.1) is 23.6 Å². The summed E-state index contributed by atoms with van der Waals surface area (Å²) in [5.41, 5.74) is 5.01. The second-order valence-electron chi connectivity index (χ2n) is 5.61. The molecule has 1 heterocycles. The van der Waals surface area contributed by atoms with E-state index < -0.39 is 17.8 Å². The van der Waals surface area contributed by atoms with Crippen LogP contribution in [0.3, 0.4) is 0 Å². The number of amides is 2. The number of aryl methyl sites for hydroxylation is 1. The van der Waals surface area contributed by atoms with Gasteiger partial charge in [0.25, 0.3) is 0 Å². The van der Waals surface area contributed by atoms with E-state index in [1.807, 2.05) is 0 Å². The molecule has 0 saturated heterocycles. The van der Waals surface area contributed by atoms with E-state index in [2.05, 4.69) is 20.8 Å². The molecular formula is C16H24N4O4. The molecule has 132 valence electrons. The van der Waals surface area contributed by atoms with Gasteiger partial charge < -0.3 is 15.0 Å². The summed E-state index contributed by atoms with van der Waals surface area (Å²) in [4.78, 5) is 38.2. The number of carbonyl (C=O) groups is 3. The summed E-state index contributed by atoms with van der Waals surface area (Å²) in [6, 6.07) is -0.145. The van der Waals surface area contributed by atoms with E-state index >= 15 is 0 Å². The Labute approximate surface area is 141 Å². The van der Waals surface area contributed by atoms with Gasteiger partial charge in [-0.1, -0.05) is 0 Å². The number of hydrazone groups is 1. The molecule has 0 fully saturated rings. The van der Waals surface area contributed by atoms with Crippen molar-refractivity contribution in [2.75, 3.05) is 6.61 Å². The zero-order valence-electron chi connectivity index (χ0n) is 14.9. The zero-order valence-corrected chi connectivity index (χ0v) is 14.9. The first-order valence-electron chi connectivity index (χ1n) is 7.70. The Balaban J connectivity index is 2.94. The van der Waals surface area contributed by atoms with E-state index in [1.54, 1.807) is 41.5 Å². The van der Waals surface area contributed by atoms with Crippen LogP contribution in [0.5, 0.6) is 0 Å². The summed E-state index contributed by atoms with van der Waals surface area (Å²) in [5, 5.41) is 6.39. The van der Waals surface area contributed by atoms with E-state index in [4.69, 9.17) is 4.74 Å². The van der Waals surface area contributed by atoms with Gasteiger partial charge in [-0.2, -0.15) is 5.10 Å². The number of rotatable bonds is 5. The quantitative estimate of drug-likeness (QED) is 0.324. The average molecular weight is 336 g/mol. The Morgan fingerprint density at radius 3 is 2.38 bits per heavy atom. The molecule has 0 atom stereocenters. The average Bonchev–Trinajstić information content (AvgIpc) is 2.78. The van der Waals surface area contributed by atoms with Gasteiger partial charge in [0.15, 0.2) is 0 Å². The van der Waals surface area contributed by atoms with Crippen molar-refractivity contribution in [1.82, 2.24) is 15.7 Å². The van der Waals surface area contributed by atoms with Crippen molar-refractivity contribution in [2.45, 2.75) is 47.6 Å². The van der Waals surface area contributed by atoms with Gasteiger partial charge >= 0.3 is 17.8 Å². The highest BCUT2D eigenvalue weighted by molar-refractivity contribution is 6.35. The van der Waals surface area contributed by atoms with Crippen molar-refractivity contribution in [2.24, 2.45) is 5.10 Å². The number of esters is 1. The molecule has 0 aliphatic rings. The van der Waals surface area contributed by atoms with Crippen molar-refractivity contribution in [3.63, 3.8) is 0 Å². The number of aromatic amines is 1. The molecule has 8 heteroatoms. The first-order chi connectivity index (χ1) is 11.2. The Hall–Kier alpha value is -2.64. The van der Waals surface area contributed by atoms with Crippen molar-refractivity contribution in [3.8, 4) is 0 Å². The van der Waals surface area contributed by atoms with Gasteiger partial charge in [-0.05, 0) is 47.1 Å². The lowest BCUT2D eigenvalue weighted by Crippen LogP contribution is -2.41. The highest BCUT2D eigenvalue weighted by Crippen LogP contribution is 2.19. The third-order valence-corrected chi connectivity index (χ3v) is 3.23. The van der Waals surface area contributed by atoms with Crippen molar-refractivity contribution >= 4 is 23.5 Å². The smallest absolute Gasteiger partial charge is 0.340 e. The van der Waals surface area contributed by atoms with Crippen LogP contribution < -0.4 is 10.7 Å². The van der Waals surface area contributed by atoms with Crippen LogP contribution in [-0.4, -0.2) is 41.1 Å².